The van der Waals surface area contributed by atoms with Crippen molar-refractivity contribution in [2.45, 2.75) is 25.4 Å². The molecule has 4 nitrogen and oxygen atoms in total. The summed E-state index contributed by atoms with van der Waals surface area (Å²) in [7, 11) is 0. The summed E-state index contributed by atoms with van der Waals surface area (Å²) < 4.78 is 19.1. The van der Waals surface area contributed by atoms with E-state index < -0.39 is 11.9 Å². The molecule has 1 aromatic rings. The molecule has 1 amide bonds. The first-order chi connectivity index (χ1) is 9.70. The van der Waals surface area contributed by atoms with Crippen LogP contribution in [0.25, 0.3) is 0 Å². The number of rotatable bonds is 2. The van der Waals surface area contributed by atoms with Crippen LogP contribution in [0.1, 0.15) is 24.8 Å². The largest absolute Gasteiger partial charge is 0.368 e. The van der Waals surface area contributed by atoms with Gasteiger partial charge in [-0.25, -0.2) is 4.39 Å². The predicted molar refractivity (Wildman–Crippen MR) is 74.6 cm³/mol. The van der Waals surface area contributed by atoms with E-state index in [0.717, 1.165) is 12.8 Å². The first-order valence-corrected chi connectivity index (χ1v) is 6.61. The Morgan fingerprint density at radius 1 is 1.50 bits per heavy atom. The van der Waals surface area contributed by atoms with Crippen molar-refractivity contribution in [3.8, 4) is 11.8 Å². The molecule has 1 aliphatic heterocycles. The number of nitrogens with two attached hydrogens (primary N) is 1. The minimum absolute atomic E-state index is 0.178. The molecule has 5 heteroatoms. The maximum absolute atomic E-state index is 13.7. The maximum Gasteiger partial charge on any atom is 0.253 e. The van der Waals surface area contributed by atoms with Gasteiger partial charge in [-0.2, -0.15) is 0 Å². The molecule has 1 aromatic carbocycles. The lowest BCUT2D eigenvalue weighted by Gasteiger charge is -2.21. The van der Waals surface area contributed by atoms with E-state index in [2.05, 4.69) is 17.2 Å². The van der Waals surface area contributed by atoms with E-state index in [1.54, 1.807) is 6.07 Å². The molecular weight excluding hydrogens is 259 g/mol. The maximum atomic E-state index is 13.7. The van der Waals surface area contributed by atoms with Crippen molar-refractivity contribution in [3.63, 3.8) is 0 Å². The quantitative estimate of drug-likeness (QED) is 0.807. The zero-order chi connectivity index (χ0) is 14.4. The summed E-state index contributed by atoms with van der Waals surface area (Å²) in [5.41, 5.74) is 5.91. The molecule has 0 spiro atoms. The molecule has 1 fully saturated rings. The lowest BCUT2D eigenvalue weighted by atomic mass is 10.1. The van der Waals surface area contributed by atoms with Gasteiger partial charge in [-0.05, 0) is 37.5 Å². The van der Waals surface area contributed by atoms with E-state index in [9.17, 15) is 9.18 Å². The van der Waals surface area contributed by atoms with Gasteiger partial charge in [-0.3, -0.25) is 4.79 Å². The first-order valence-electron chi connectivity index (χ1n) is 6.61. The summed E-state index contributed by atoms with van der Waals surface area (Å²) in [5.74, 6) is 4.51. The minimum Gasteiger partial charge on any atom is -0.368 e. The number of benzene rings is 1. The van der Waals surface area contributed by atoms with Gasteiger partial charge in [0.2, 0.25) is 0 Å². The van der Waals surface area contributed by atoms with Crippen LogP contribution in [0.5, 0.6) is 0 Å². The Kier molecular flexibility index (Phi) is 5.10. The Bertz CT molecular complexity index is 543. The van der Waals surface area contributed by atoms with Gasteiger partial charge in [0.15, 0.2) is 0 Å². The zero-order valence-corrected chi connectivity index (χ0v) is 11.1. The zero-order valence-electron chi connectivity index (χ0n) is 11.1. The van der Waals surface area contributed by atoms with Crippen LogP contribution in [0.2, 0.25) is 0 Å². The normalized spacial score (nSPS) is 18.0. The lowest BCUT2D eigenvalue weighted by Crippen LogP contribution is -2.33. The van der Waals surface area contributed by atoms with Crippen LogP contribution in [0.3, 0.4) is 0 Å². The third-order valence-electron chi connectivity index (χ3n) is 3.03. The van der Waals surface area contributed by atoms with Gasteiger partial charge in [0.05, 0.1) is 12.1 Å². The predicted octanol–water partition coefficient (Wildman–Crippen LogP) is 1.64. The SMILES string of the molecule is NCC#Cc1ccc(NC(=O)C2CCCCO2)cc1F. The van der Waals surface area contributed by atoms with Gasteiger partial charge in [0.25, 0.3) is 5.91 Å². The van der Waals surface area contributed by atoms with Gasteiger partial charge in [0, 0.05) is 12.3 Å². The van der Waals surface area contributed by atoms with Gasteiger partial charge >= 0.3 is 0 Å². The molecule has 0 radical (unpaired) electrons. The van der Waals surface area contributed by atoms with Crippen molar-refractivity contribution in [3.05, 3.63) is 29.6 Å². The molecule has 3 N–H and O–H groups in total. The fraction of sp³-hybridized carbons (Fsp3) is 0.400. The summed E-state index contributed by atoms with van der Waals surface area (Å²) >= 11 is 0. The minimum atomic E-state index is -0.478. The van der Waals surface area contributed by atoms with E-state index in [4.69, 9.17) is 10.5 Å². The first kappa shape index (κ1) is 14.5. The van der Waals surface area contributed by atoms with Crippen LogP contribution in [-0.4, -0.2) is 25.2 Å². The van der Waals surface area contributed by atoms with Gasteiger partial charge in [-0.15, -0.1) is 0 Å². The highest BCUT2D eigenvalue weighted by Crippen LogP contribution is 2.17. The number of hydrogen-bond donors (Lipinski definition) is 2. The molecule has 106 valence electrons. The Morgan fingerprint density at radius 3 is 3.00 bits per heavy atom. The van der Waals surface area contributed by atoms with Crippen LogP contribution in [0, 0.1) is 17.7 Å². The van der Waals surface area contributed by atoms with Crippen molar-refractivity contribution in [2.75, 3.05) is 18.5 Å². The second-order valence-corrected chi connectivity index (χ2v) is 4.54. The van der Waals surface area contributed by atoms with Crippen molar-refractivity contribution in [1.82, 2.24) is 0 Å². The highest BCUT2D eigenvalue weighted by Gasteiger charge is 2.22. The van der Waals surface area contributed by atoms with Crippen LogP contribution < -0.4 is 11.1 Å². The number of carbonyl (C=O) groups is 1. The molecule has 20 heavy (non-hydrogen) atoms. The molecular formula is C15H17FN2O2. The van der Waals surface area contributed by atoms with Crippen molar-refractivity contribution >= 4 is 11.6 Å². The van der Waals surface area contributed by atoms with E-state index >= 15 is 0 Å². The van der Waals surface area contributed by atoms with Gasteiger partial charge in [-0.1, -0.05) is 11.8 Å². The topological polar surface area (TPSA) is 64.3 Å². The monoisotopic (exact) mass is 276 g/mol. The highest BCUT2D eigenvalue weighted by molar-refractivity contribution is 5.94. The van der Waals surface area contributed by atoms with Gasteiger partial charge in [0.1, 0.15) is 11.9 Å². The summed E-state index contributed by atoms with van der Waals surface area (Å²) in [4.78, 5) is 11.9. The second kappa shape index (κ2) is 7.04. The molecule has 1 saturated heterocycles. The Hall–Kier alpha value is -1.90. The van der Waals surface area contributed by atoms with Crippen molar-refractivity contribution in [1.29, 1.82) is 0 Å². The van der Waals surface area contributed by atoms with Gasteiger partial charge < -0.3 is 15.8 Å². The molecule has 0 aliphatic carbocycles. The van der Waals surface area contributed by atoms with E-state index in [1.807, 2.05) is 0 Å². The van der Waals surface area contributed by atoms with Crippen LogP contribution >= 0.6 is 0 Å². The molecule has 1 aliphatic rings. The molecule has 0 bridgehead atoms. The van der Waals surface area contributed by atoms with Crippen LogP contribution in [0.15, 0.2) is 18.2 Å². The van der Waals surface area contributed by atoms with Crippen LogP contribution in [0.4, 0.5) is 10.1 Å². The fourth-order valence-electron chi connectivity index (χ4n) is 2.01. The lowest BCUT2D eigenvalue weighted by molar-refractivity contribution is -0.129. The Balaban J connectivity index is 2.02. The molecule has 1 unspecified atom stereocenters. The molecule has 0 saturated carbocycles. The van der Waals surface area contributed by atoms with Crippen LogP contribution in [-0.2, 0) is 9.53 Å². The smallest absolute Gasteiger partial charge is 0.253 e. The summed E-state index contributed by atoms with van der Waals surface area (Å²) in [5, 5.41) is 2.66. The van der Waals surface area contributed by atoms with Crippen molar-refractivity contribution < 1.29 is 13.9 Å². The van der Waals surface area contributed by atoms with E-state index in [-0.39, 0.29) is 18.0 Å². The number of halogens is 1. The molecule has 1 heterocycles. The highest BCUT2D eigenvalue weighted by atomic mass is 19.1. The number of amides is 1. The number of carbonyl (C=O) groups excluding carboxylic acids is 1. The third-order valence-corrected chi connectivity index (χ3v) is 3.03. The van der Waals surface area contributed by atoms with Crippen molar-refractivity contribution in [2.24, 2.45) is 5.73 Å². The number of nitrogens with one attached hydrogen (secondary N) is 1. The second-order valence-electron chi connectivity index (χ2n) is 4.54. The number of ether oxygens (including phenoxy) is 1. The number of anilines is 1. The molecule has 2 rings (SSSR count). The number of hydrogen-bond acceptors (Lipinski definition) is 3. The Morgan fingerprint density at radius 2 is 2.35 bits per heavy atom. The standard InChI is InChI=1S/C15H17FN2O2/c16-13-10-12(7-6-11(13)4-3-8-17)18-15(19)14-5-1-2-9-20-14/h6-7,10,14H,1-2,5,8-9,17H2,(H,18,19). The third kappa shape index (κ3) is 3.80. The summed E-state index contributed by atoms with van der Waals surface area (Å²) in [6.07, 6.45) is 2.21. The summed E-state index contributed by atoms with van der Waals surface area (Å²) in [6.45, 7) is 0.775. The Labute approximate surface area is 117 Å². The average molecular weight is 276 g/mol. The fourth-order valence-corrected chi connectivity index (χ4v) is 2.01. The summed E-state index contributed by atoms with van der Waals surface area (Å²) in [6, 6.07) is 4.39. The van der Waals surface area contributed by atoms with E-state index in [1.165, 1.54) is 12.1 Å². The molecule has 1 atom stereocenters. The van der Waals surface area contributed by atoms with E-state index in [0.29, 0.717) is 18.7 Å². The molecule has 0 aromatic heterocycles. The average Bonchev–Trinajstić information content (AvgIpc) is 2.47.